The van der Waals surface area contributed by atoms with Gasteiger partial charge < -0.3 is 14.8 Å². The van der Waals surface area contributed by atoms with E-state index < -0.39 is 13.2 Å². The summed E-state index contributed by atoms with van der Waals surface area (Å²) in [5.41, 5.74) is -0.0475. The van der Waals surface area contributed by atoms with Crippen molar-refractivity contribution < 1.29 is 14.4 Å². The summed E-state index contributed by atoms with van der Waals surface area (Å²) < 4.78 is 11.6. The van der Waals surface area contributed by atoms with Crippen LogP contribution in [0.25, 0.3) is 22.3 Å². The van der Waals surface area contributed by atoms with E-state index >= 15 is 0 Å². The van der Waals surface area contributed by atoms with Crippen molar-refractivity contribution in [3.63, 3.8) is 0 Å². The Morgan fingerprint density at radius 3 is 2.39 bits per heavy atom. The first-order valence-electron chi connectivity index (χ1n) is 6.31. The molecule has 0 saturated carbocycles. The molecule has 1 aromatic heterocycles. The minimum absolute atomic E-state index is 0.0191. The first-order valence-corrected chi connectivity index (χ1v) is 8.68. The van der Waals surface area contributed by atoms with E-state index in [9.17, 15) is 19.1 Å². The molecule has 0 unspecified atom stereocenters. The van der Waals surface area contributed by atoms with Crippen LogP contribution in [-0.4, -0.2) is 19.8 Å². The van der Waals surface area contributed by atoms with Crippen LogP contribution in [0, 0.1) is 0 Å². The molecule has 6 nitrogen and oxygen atoms in total. The third-order valence-electron chi connectivity index (χ3n) is 3.19. The Bertz CT molecular complexity index is 1030. The van der Waals surface area contributed by atoms with E-state index in [1.54, 1.807) is 12.1 Å². The van der Waals surface area contributed by atoms with Gasteiger partial charge in [-0.05, 0) is 36.4 Å². The highest BCUT2D eigenvalue weighted by atomic mass is 35.5. The van der Waals surface area contributed by atoms with E-state index in [1.165, 1.54) is 24.3 Å². The Balaban J connectivity index is 2.34. The molecule has 3 aromatic rings. The first-order chi connectivity index (χ1) is 10.8. The van der Waals surface area contributed by atoms with Crippen LogP contribution in [0.5, 0.6) is 0 Å². The number of hydrogen-bond donors (Lipinski definition) is 3. The molecule has 0 aliphatic rings. The maximum absolute atomic E-state index is 12.2. The fraction of sp³-hybridized carbons (Fsp3) is 0. The lowest BCUT2D eigenvalue weighted by Gasteiger charge is -2.11. The molecule has 0 atom stereocenters. The van der Waals surface area contributed by atoms with Crippen molar-refractivity contribution in [2.75, 3.05) is 0 Å². The summed E-state index contributed by atoms with van der Waals surface area (Å²) in [7, 11) is -4.57. The summed E-state index contributed by atoms with van der Waals surface area (Å²) in [5.74, 6) is 0.0191. The number of nitrogens with zero attached hydrogens (tertiary/aromatic N) is 1. The Morgan fingerprint density at radius 1 is 1.04 bits per heavy atom. The average molecular weight is 371 g/mol. The van der Waals surface area contributed by atoms with Crippen LogP contribution in [0.15, 0.2) is 41.2 Å². The second kappa shape index (κ2) is 5.74. The van der Waals surface area contributed by atoms with E-state index in [1.807, 2.05) is 0 Å². The van der Waals surface area contributed by atoms with Crippen LogP contribution in [0.1, 0.15) is 0 Å². The van der Waals surface area contributed by atoms with Gasteiger partial charge in [-0.25, -0.2) is 4.98 Å². The number of aromatic nitrogens is 2. The Hall–Kier alpha value is -1.69. The number of benzene rings is 2. The van der Waals surface area contributed by atoms with Crippen LogP contribution in [0.4, 0.5) is 0 Å². The number of fused-ring (bicyclic) bond motifs is 1. The zero-order valence-electron chi connectivity index (χ0n) is 11.3. The highest BCUT2D eigenvalue weighted by Gasteiger charge is 2.24. The number of H-pyrrole nitrogens is 1. The Labute approximate surface area is 139 Å². The number of aromatic amines is 1. The lowest BCUT2D eigenvalue weighted by Crippen LogP contribution is -2.14. The maximum Gasteiger partial charge on any atom is 0.356 e. The number of nitrogens with one attached hydrogen (secondary N) is 1. The number of rotatable bonds is 2. The number of hydrogen-bond acceptors (Lipinski definition) is 3. The predicted octanol–water partition coefficient (Wildman–Crippen LogP) is 2.70. The van der Waals surface area contributed by atoms with E-state index in [0.29, 0.717) is 10.5 Å². The lowest BCUT2D eigenvalue weighted by atomic mass is 10.2. The fourth-order valence-electron chi connectivity index (χ4n) is 2.19. The highest BCUT2D eigenvalue weighted by molar-refractivity contribution is 7.60. The van der Waals surface area contributed by atoms with Crippen LogP contribution in [-0.2, 0) is 4.57 Å². The van der Waals surface area contributed by atoms with Crippen molar-refractivity contribution in [1.29, 1.82) is 0 Å². The third-order valence-corrected chi connectivity index (χ3v) is 4.68. The standard InChI is InChI=1S/C14H9Cl2N2O4P/c15-7-1-3-11-9(5-7)14(19)18-13(17-11)10-6-8(16)2-4-12(10)23(20,21)22/h1-6H,(H,17,18,19)(H2,20,21,22). The van der Waals surface area contributed by atoms with Crippen molar-refractivity contribution in [1.82, 2.24) is 9.97 Å². The predicted molar refractivity (Wildman–Crippen MR) is 89.5 cm³/mol. The molecule has 3 N–H and O–H groups in total. The molecular formula is C14H9Cl2N2O4P. The van der Waals surface area contributed by atoms with Crippen molar-refractivity contribution >= 4 is 47.0 Å². The zero-order valence-corrected chi connectivity index (χ0v) is 13.7. The first kappa shape index (κ1) is 16.2. The molecule has 0 bridgehead atoms. The molecule has 118 valence electrons. The van der Waals surface area contributed by atoms with Crippen LogP contribution in [0.2, 0.25) is 10.0 Å². The monoisotopic (exact) mass is 370 g/mol. The molecule has 0 aliphatic heterocycles. The van der Waals surface area contributed by atoms with Crippen molar-refractivity contribution in [3.05, 3.63) is 56.8 Å². The van der Waals surface area contributed by atoms with Gasteiger partial charge in [-0.3, -0.25) is 9.36 Å². The van der Waals surface area contributed by atoms with Gasteiger partial charge in [-0.15, -0.1) is 0 Å². The quantitative estimate of drug-likeness (QED) is 0.601. The Kier molecular flexibility index (Phi) is 4.04. The van der Waals surface area contributed by atoms with Crippen LogP contribution >= 0.6 is 30.8 Å². The van der Waals surface area contributed by atoms with Gasteiger partial charge in [0.25, 0.3) is 5.56 Å². The molecule has 0 fully saturated rings. The van der Waals surface area contributed by atoms with E-state index in [2.05, 4.69) is 9.97 Å². The normalized spacial score (nSPS) is 11.8. The van der Waals surface area contributed by atoms with E-state index in [4.69, 9.17) is 23.2 Å². The van der Waals surface area contributed by atoms with Crippen molar-refractivity contribution in [3.8, 4) is 11.4 Å². The zero-order chi connectivity index (χ0) is 16.8. The second-order valence-corrected chi connectivity index (χ2v) is 7.22. The van der Waals surface area contributed by atoms with Gasteiger partial charge in [0.1, 0.15) is 5.82 Å². The maximum atomic E-state index is 12.2. The molecular weight excluding hydrogens is 362 g/mol. The van der Waals surface area contributed by atoms with Gasteiger partial charge in [-0.1, -0.05) is 23.2 Å². The molecule has 0 aliphatic carbocycles. The molecule has 1 heterocycles. The molecule has 0 saturated heterocycles. The molecule has 0 amide bonds. The topological polar surface area (TPSA) is 103 Å². The average Bonchev–Trinajstić information content (AvgIpc) is 2.46. The summed E-state index contributed by atoms with van der Waals surface area (Å²) >= 11 is 11.8. The van der Waals surface area contributed by atoms with Crippen molar-refractivity contribution in [2.24, 2.45) is 0 Å². The minimum atomic E-state index is -4.57. The van der Waals surface area contributed by atoms with Gasteiger partial charge in [0.15, 0.2) is 0 Å². The molecule has 9 heteroatoms. The summed E-state index contributed by atoms with van der Waals surface area (Å²) in [4.78, 5) is 37.9. The van der Waals surface area contributed by atoms with Gasteiger partial charge in [-0.2, -0.15) is 0 Å². The summed E-state index contributed by atoms with van der Waals surface area (Å²) in [6.45, 7) is 0. The molecule has 23 heavy (non-hydrogen) atoms. The van der Waals surface area contributed by atoms with Gasteiger partial charge in [0, 0.05) is 15.6 Å². The second-order valence-electron chi connectivity index (χ2n) is 4.78. The largest absolute Gasteiger partial charge is 0.356 e. The summed E-state index contributed by atoms with van der Waals surface area (Å²) in [6, 6.07) is 8.51. The number of halogens is 2. The van der Waals surface area contributed by atoms with Gasteiger partial charge in [0.05, 0.1) is 16.2 Å². The minimum Gasteiger partial charge on any atom is -0.321 e. The lowest BCUT2D eigenvalue weighted by molar-refractivity contribution is 0.387. The van der Waals surface area contributed by atoms with Crippen LogP contribution < -0.4 is 10.9 Å². The molecule has 2 aromatic carbocycles. The highest BCUT2D eigenvalue weighted by Crippen LogP contribution is 2.38. The summed E-state index contributed by atoms with van der Waals surface area (Å²) in [5, 5.41) is 0.659. The van der Waals surface area contributed by atoms with Gasteiger partial charge in [0.2, 0.25) is 0 Å². The molecule has 0 spiro atoms. The van der Waals surface area contributed by atoms with Gasteiger partial charge >= 0.3 is 7.60 Å². The Morgan fingerprint density at radius 2 is 1.70 bits per heavy atom. The SMILES string of the molecule is O=c1[nH]c(-c2cc(Cl)ccc2P(=O)(O)O)nc2ccc(Cl)cc12. The van der Waals surface area contributed by atoms with E-state index in [0.717, 1.165) is 0 Å². The smallest absolute Gasteiger partial charge is 0.321 e. The van der Waals surface area contributed by atoms with Crippen molar-refractivity contribution in [2.45, 2.75) is 0 Å². The fourth-order valence-corrected chi connectivity index (χ4v) is 3.29. The van der Waals surface area contributed by atoms with E-state index in [-0.39, 0.29) is 27.1 Å². The summed E-state index contributed by atoms with van der Waals surface area (Å²) in [6.07, 6.45) is 0. The molecule has 0 radical (unpaired) electrons. The molecule has 3 rings (SSSR count). The third kappa shape index (κ3) is 3.17. The van der Waals surface area contributed by atoms with Crippen LogP contribution in [0.3, 0.4) is 0 Å².